The molecule has 0 amide bonds. The Morgan fingerprint density at radius 1 is 0.900 bits per heavy atom. The molecule has 0 heterocycles. The number of nitrogens with one attached hydrogen (secondary N) is 1. The molecule has 2 aromatic rings. The Hall–Kier alpha value is -1.03. The van der Waals surface area contributed by atoms with Crippen LogP contribution in [0.1, 0.15) is 49.4 Å². The van der Waals surface area contributed by atoms with Crippen molar-refractivity contribution in [3.63, 3.8) is 0 Å². The summed E-state index contributed by atoms with van der Waals surface area (Å²) in [6, 6.07) is 15.8. The largest absolute Gasteiger partial charge is 0.378 e. The maximum atomic E-state index is 3.60. The summed E-state index contributed by atoms with van der Waals surface area (Å²) in [6.07, 6.45) is 0. The Morgan fingerprint density at radius 2 is 1.50 bits per heavy atom. The van der Waals surface area contributed by atoms with Crippen LogP contribution in [-0.2, 0) is 0 Å². The van der Waals surface area contributed by atoms with Crippen LogP contribution in [0.15, 0.2) is 42.5 Å². The summed E-state index contributed by atoms with van der Waals surface area (Å²) in [5.41, 5.74) is 5.23. The lowest BCUT2D eigenvalue weighted by Crippen LogP contribution is -2.08. The van der Waals surface area contributed by atoms with Crippen LogP contribution in [-0.4, -0.2) is 0 Å². The lowest BCUT2D eigenvalue weighted by molar-refractivity contribution is 0.851. The maximum absolute atomic E-state index is 3.60. The normalized spacial score (nSPS) is 12.5. The lowest BCUT2D eigenvalue weighted by atomic mass is 9.99. The van der Waals surface area contributed by atoms with Crippen LogP contribution in [0.25, 0.3) is 0 Å². The molecule has 0 aromatic heterocycles. The van der Waals surface area contributed by atoms with Crippen molar-refractivity contribution in [3.8, 4) is 0 Å². The molecule has 2 aromatic carbocycles. The van der Waals surface area contributed by atoms with Crippen molar-refractivity contribution in [1.29, 1.82) is 0 Å². The Balaban J connectivity index is 2.13. The average molecular weight is 379 g/mol. The third-order valence-electron chi connectivity index (χ3n) is 3.66. The molecule has 1 N–H and O–H groups in total. The Labute approximate surface area is 135 Å². The first-order chi connectivity index (χ1) is 9.47. The van der Waals surface area contributed by atoms with Crippen LogP contribution in [0.5, 0.6) is 0 Å². The molecule has 0 aliphatic rings. The highest BCUT2D eigenvalue weighted by molar-refractivity contribution is 14.1. The van der Waals surface area contributed by atoms with E-state index in [9.17, 15) is 0 Å². The van der Waals surface area contributed by atoms with Gasteiger partial charge in [0.05, 0.1) is 0 Å². The molecule has 1 atom stereocenters. The molecule has 0 saturated carbocycles. The summed E-state index contributed by atoms with van der Waals surface area (Å²) in [4.78, 5) is 0. The zero-order chi connectivity index (χ0) is 14.7. The van der Waals surface area contributed by atoms with E-state index < -0.39 is 0 Å². The standard InChI is InChI=1S/C18H22IN/c1-12(2)15-5-7-16(8-6-15)14(4)20-18-10-9-17(19)11-13(18)3/h5-12,14,20H,1-4H3. The lowest BCUT2D eigenvalue weighted by Gasteiger charge is -2.18. The zero-order valence-corrected chi connectivity index (χ0v) is 14.7. The Morgan fingerprint density at radius 3 is 2.05 bits per heavy atom. The van der Waals surface area contributed by atoms with Gasteiger partial charge in [0, 0.05) is 15.3 Å². The van der Waals surface area contributed by atoms with E-state index in [1.165, 1.54) is 25.9 Å². The van der Waals surface area contributed by atoms with Crippen molar-refractivity contribution in [1.82, 2.24) is 0 Å². The summed E-state index contributed by atoms with van der Waals surface area (Å²) < 4.78 is 1.28. The van der Waals surface area contributed by atoms with Gasteiger partial charge in [-0.25, -0.2) is 0 Å². The minimum absolute atomic E-state index is 0.315. The van der Waals surface area contributed by atoms with Gasteiger partial charge in [-0.2, -0.15) is 0 Å². The number of halogens is 1. The van der Waals surface area contributed by atoms with Gasteiger partial charge in [0.25, 0.3) is 0 Å². The van der Waals surface area contributed by atoms with Crippen LogP contribution < -0.4 is 5.32 Å². The van der Waals surface area contributed by atoms with Gasteiger partial charge in [0.2, 0.25) is 0 Å². The quantitative estimate of drug-likeness (QED) is 0.653. The molecule has 0 radical (unpaired) electrons. The van der Waals surface area contributed by atoms with Crippen molar-refractivity contribution in [2.24, 2.45) is 0 Å². The number of hydrogen-bond donors (Lipinski definition) is 1. The maximum Gasteiger partial charge on any atom is 0.0485 e. The second-order valence-corrected chi connectivity index (χ2v) is 6.89. The van der Waals surface area contributed by atoms with Crippen molar-refractivity contribution >= 4 is 28.3 Å². The van der Waals surface area contributed by atoms with Gasteiger partial charge in [0.15, 0.2) is 0 Å². The number of rotatable bonds is 4. The highest BCUT2D eigenvalue weighted by Gasteiger charge is 2.08. The van der Waals surface area contributed by atoms with E-state index in [0.717, 1.165) is 0 Å². The first kappa shape index (κ1) is 15.4. The van der Waals surface area contributed by atoms with E-state index in [-0.39, 0.29) is 0 Å². The molecular formula is C18H22IN. The van der Waals surface area contributed by atoms with E-state index in [1.54, 1.807) is 0 Å². The monoisotopic (exact) mass is 379 g/mol. The molecule has 0 aliphatic carbocycles. The van der Waals surface area contributed by atoms with E-state index in [0.29, 0.717) is 12.0 Å². The van der Waals surface area contributed by atoms with Gasteiger partial charge in [0.1, 0.15) is 0 Å². The predicted molar refractivity (Wildman–Crippen MR) is 96.5 cm³/mol. The molecule has 0 bridgehead atoms. The molecule has 2 rings (SSSR count). The zero-order valence-electron chi connectivity index (χ0n) is 12.6. The van der Waals surface area contributed by atoms with Crippen molar-refractivity contribution in [2.45, 2.75) is 39.7 Å². The second-order valence-electron chi connectivity index (χ2n) is 5.65. The topological polar surface area (TPSA) is 12.0 Å². The molecule has 0 saturated heterocycles. The van der Waals surface area contributed by atoms with E-state index in [2.05, 4.69) is 98.1 Å². The average Bonchev–Trinajstić information content (AvgIpc) is 2.42. The van der Waals surface area contributed by atoms with E-state index >= 15 is 0 Å². The van der Waals surface area contributed by atoms with Crippen LogP contribution in [0.4, 0.5) is 5.69 Å². The van der Waals surface area contributed by atoms with Crippen LogP contribution in [0.2, 0.25) is 0 Å². The number of hydrogen-bond acceptors (Lipinski definition) is 1. The Bertz CT molecular complexity index is 572. The minimum atomic E-state index is 0.315. The fourth-order valence-electron chi connectivity index (χ4n) is 2.28. The van der Waals surface area contributed by atoms with Crippen LogP contribution in [0.3, 0.4) is 0 Å². The first-order valence-electron chi connectivity index (χ1n) is 7.10. The highest BCUT2D eigenvalue weighted by Crippen LogP contribution is 2.24. The van der Waals surface area contributed by atoms with Crippen molar-refractivity contribution < 1.29 is 0 Å². The number of anilines is 1. The van der Waals surface area contributed by atoms with Gasteiger partial charge in [-0.05, 0) is 77.2 Å². The third kappa shape index (κ3) is 3.75. The summed E-state index contributed by atoms with van der Waals surface area (Å²) in [6.45, 7) is 8.82. The molecule has 1 unspecified atom stereocenters. The van der Waals surface area contributed by atoms with Gasteiger partial charge in [-0.15, -0.1) is 0 Å². The highest BCUT2D eigenvalue weighted by atomic mass is 127. The molecule has 0 aliphatic heterocycles. The van der Waals surface area contributed by atoms with Gasteiger partial charge >= 0.3 is 0 Å². The predicted octanol–water partition coefficient (Wildman–Crippen LogP) is 5.90. The number of aryl methyl sites for hydroxylation is 1. The molecule has 2 heteroatoms. The fraction of sp³-hybridized carbons (Fsp3) is 0.333. The molecule has 1 nitrogen and oxygen atoms in total. The van der Waals surface area contributed by atoms with Crippen molar-refractivity contribution in [3.05, 3.63) is 62.7 Å². The fourth-order valence-corrected chi connectivity index (χ4v) is 2.92. The molecule has 106 valence electrons. The molecular weight excluding hydrogens is 357 g/mol. The van der Waals surface area contributed by atoms with Crippen LogP contribution >= 0.6 is 22.6 Å². The summed E-state index contributed by atoms with van der Waals surface area (Å²) in [7, 11) is 0. The smallest absolute Gasteiger partial charge is 0.0485 e. The van der Waals surface area contributed by atoms with Crippen LogP contribution in [0, 0.1) is 10.5 Å². The molecule has 0 spiro atoms. The van der Waals surface area contributed by atoms with Gasteiger partial charge < -0.3 is 5.32 Å². The summed E-state index contributed by atoms with van der Waals surface area (Å²) in [5.74, 6) is 0.589. The van der Waals surface area contributed by atoms with E-state index in [4.69, 9.17) is 0 Å². The van der Waals surface area contributed by atoms with E-state index in [1.807, 2.05) is 0 Å². The summed E-state index contributed by atoms with van der Waals surface area (Å²) >= 11 is 2.35. The molecule has 0 fully saturated rings. The molecule has 20 heavy (non-hydrogen) atoms. The van der Waals surface area contributed by atoms with Gasteiger partial charge in [-0.1, -0.05) is 38.1 Å². The Kier molecular flexibility index (Phi) is 5.08. The first-order valence-corrected chi connectivity index (χ1v) is 8.18. The SMILES string of the molecule is Cc1cc(I)ccc1NC(C)c1ccc(C(C)C)cc1. The summed E-state index contributed by atoms with van der Waals surface area (Å²) in [5, 5.41) is 3.60. The third-order valence-corrected chi connectivity index (χ3v) is 4.33. The minimum Gasteiger partial charge on any atom is -0.378 e. The number of benzene rings is 2. The second kappa shape index (κ2) is 6.61. The van der Waals surface area contributed by atoms with Crippen molar-refractivity contribution in [2.75, 3.05) is 5.32 Å². The van der Waals surface area contributed by atoms with Gasteiger partial charge in [-0.3, -0.25) is 0 Å².